The minimum Gasteiger partial charge on any atom is -0.429 e. The molecule has 3 aromatic carbocycles. The lowest BCUT2D eigenvalue weighted by Crippen LogP contribution is -2.25. The van der Waals surface area contributed by atoms with Gasteiger partial charge in [-0.15, -0.1) is 13.2 Å². The highest BCUT2D eigenvalue weighted by Crippen LogP contribution is 2.38. The summed E-state index contributed by atoms with van der Waals surface area (Å²) >= 11 is 5.59. The molecule has 0 aliphatic rings. The molecule has 170 valence electrons. The van der Waals surface area contributed by atoms with Crippen molar-refractivity contribution in [1.29, 1.82) is 0 Å². The van der Waals surface area contributed by atoms with Crippen LogP contribution in [0, 0.1) is 23.3 Å². The Bertz CT molecular complexity index is 1140. The summed E-state index contributed by atoms with van der Waals surface area (Å²) in [7, 11) is 0. The molecule has 0 saturated carbocycles. The molecule has 0 amide bonds. The van der Waals surface area contributed by atoms with Gasteiger partial charge >= 0.3 is 12.5 Å². The topological polar surface area (TPSA) is 18.5 Å². The monoisotopic (exact) mass is 486 g/mol. The van der Waals surface area contributed by atoms with Crippen molar-refractivity contribution < 1.29 is 49.0 Å². The maximum absolute atomic E-state index is 14.4. The van der Waals surface area contributed by atoms with Gasteiger partial charge in [0.25, 0.3) is 0 Å². The Morgan fingerprint density at radius 3 is 1.81 bits per heavy atom. The summed E-state index contributed by atoms with van der Waals surface area (Å²) in [6.07, 6.45) is -9.96. The van der Waals surface area contributed by atoms with Crippen molar-refractivity contribution in [1.82, 2.24) is 0 Å². The van der Waals surface area contributed by atoms with Gasteiger partial charge in [0.15, 0.2) is 11.6 Å². The van der Waals surface area contributed by atoms with Crippen molar-refractivity contribution >= 4 is 11.6 Å². The average molecular weight is 487 g/mol. The first-order valence-electron chi connectivity index (χ1n) is 8.34. The number of rotatable bonds is 5. The van der Waals surface area contributed by atoms with Crippen molar-refractivity contribution in [2.75, 3.05) is 0 Å². The SMILES string of the molecule is Fc1cc(OC(F)(F)c2c(F)cc(-c3ccc(Cl)cc3F)cc2F)ccc1OC(F)(F)F. The molecule has 0 saturated heterocycles. The Morgan fingerprint density at radius 1 is 0.656 bits per heavy atom. The number of hydrogen-bond donors (Lipinski definition) is 0. The van der Waals surface area contributed by atoms with Gasteiger partial charge in [0.2, 0.25) is 0 Å². The fourth-order valence-electron chi connectivity index (χ4n) is 2.68. The van der Waals surface area contributed by atoms with Crippen LogP contribution in [-0.4, -0.2) is 6.36 Å². The van der Waals surface area contributed by atoms with Crippen LogP contribution < -0.4 is 9.47 Å². The molecule has 0 bridgehead atoms. The van der Waals surface area contributed by atoms with Crippen molar-refractivity contribution in [3.05, 3.63) is 82.4 Å². The number of alkyl halides is 5. The lowest BCUT2D eigenvalue weighted by atomic mass is 10.0. The van der Waals surface area contributed by atoms with E-state index in [9.17, 15) is 39.5 Å². The lowest BCUT2D eigenvalue weighted by Gasteiger charge is -2.20. The van der Waals surface area contributed by atoms with E-state index in [0.717, 1.165) is 12.1 Å². The summed E-state index contributed by atoms with van der Waals surface area (Å²) in [5.74, 6) is -8.71. The van der Waals surface area contributed by atoms with E-state index in [4.69, 9.17) is 11.6 Å². The molecule has 0 unspecified atom stereocenters. The molecule has 12 heteroatoms. The molecular weight excluding hydrogens is 479 g/mol. The van der Waals surface area contributed by atoms with Gasteiger partial charge in [-0.2, -0.15) is 8.78 Å². The van der Waals surface area contributed by atoms with E-state index < -0.39 is 58.4 Å². The van der Waals surface area contributed by atoms with Crippen LogP contribution in [-0.2, 0) is 6.11 Å². The first-order valence-corrected chi connectivity index (χ1v) is 8.72. The van der Waals surface area contributed by atoms with E-state index in [2.05, 4.69) is 9.47 Å². The smallest absolute Gasteiger partial charge is 0.429 e. The largest absolute Gasteiger partial charge is 0.573 e. The Morgan fingerprint density at radius 2 is 1.28 bits per heavy atom. The molecular formula is C20H8ClF9O2. The van der Waals surface area contributed by atoms with Crippen LogP contribution in [0.1, 0.15) is 5.56 Å². The van der Waals surface area contributed by atoms with Crippen LogP contribution in [0.15, 0.2) is 48.5 Å². The Labute approximate surface area is 178 Å². The molecule has 0 heterocycles. The Hall–Kier alpha value is -3.08. The summed E-state index contributed by atoms with van der Waals surface area (Å²) in [6.45, 7) is 0. The zero-order valence-electron chi connectivity index (χ0n) is 15.2. The van der Waals surface area contributed by atoms with E-state index in [-0.39, 0.29) is 16.7 Å². The summed E-state index contributed by atoms with van der Waals surface area (Å²) < 4.78 is 129. The molecule has 0 N–H and O–H groups in total. The second-order valence-electron chi connectivity index (χ2n) is 6.20. The van der Waals surface area contributed by atoms with E-state index in [1.807, 2.05) is 0 Å². The fraction of sp³-hybridized carbons (Fsp3) is 0.100. The first kappa shape index (κ1) is 23.6. The highest BCUT2D eigenvalue weighted by molar-refractivity contribution is 6.30. The van der Waals surface area contributed by atoms with Crippen molar-refractivity contribution in [3.63, 3.8) is 0 Å². The molecule has 0 aliphatic heterocycles. The average Bonchev–Trinajstić information content (AvgIpc) is 2.61. The van der Waals surface area contributed by atoms with Crippen molar-refractivity contribution in [3.8, 4) is 22.6 Å². The summed E-state index contributed by atoms with van der Waals surface area (Å²) in [5, 5.41) is -0.0115. The van der Waals surface area contributed by atoms with Crippen molar-refractivity contribution in [2.24, 2.45) is 0 Å². The van der Waals surface area contributed by atoms with Crippen LogP contribution in [0.3, 0.4) is 0 Å². The Kier molecular flexibility index (Phi) is 6.23. The Balaban J connectivity index is 1.92. The van der Waals surface area contributed by atoms with Crippen LogP contribution in [0.2, 0.25) is 5.02 Å². The highest BCUT2D eigenvalue weighted by atomic mass is 35.5. The van der Waals surface area contributed by atoms with Gasteiger partial charge in [-0.05, 0) is 48.0 Å². The molecule has 0 fully saturated rings. The summed E-state index contributed by atoms with van der Waals surface area (Å²) in [5.41, 5.74) is -2.63. The van der Waals surface area contributed by atoms with Gasteiger partial charge in [-0.25, -0.2) is 17.6 Å². The number of ether oxygens (including phenoxy) is 2. The normalized spacial score (nSPS) is 12.1. The van der Waals surface area contributed by atoms with Crippen LogP contribution in [0.5, 0.6) is 11.5 Å². The number of hydrogen-bond acceptors (Lipinski definition) is 2. The second kappa shape index (κ2) is 8.45. The van der Waals surface area contributed by atoms with E-state index >= 15 is 0 Å². The summed E-state index contributed by atoms with van der Waals surface area (Å²) in [4.78, 5) is 0. The minimum atomic E-state index is -5.25. The summed E-state index contributed by atoms with van der Waals surface area (Å²) in [6, 6.07) is 4.90. The standard InChI is InChI=1S/C20H8ClF9O2/c21-10-1-3-12(13(22)7-10)9-5-15(24)18(16(25)6-9)19(26,27)31-11-2-4-17(14(23)8-11)32-20(28,29)30/h1-8H. The molecule has 0 aromatic heterocycles. The predicted octanol–water partition coefficient (Wildman–Crippen LogP) is 7.59. The second-order valence-corrected chi connectivity index (χ2v) is 6.63. The molecule has 3 rings (SSSR count). The molecule has 3 aromatic rings. The maximum atomic E-state index is 14.4. The van der Waals surface area contributed by atoms with Gasteiger partial charge < -0.3 is 9.47 Å². The quantitative estimate of drug-likeness (QED) is 0.346. The van der Waals surface area contributed by atoms with Gasteiger partial charge in [0.1, 0.15) is 28.8 Å². The van der Waals surface area contributed by atoms with Gasteiger partial charge in [-0.1, -0.05) is 11.6 Å². The van der Waals surface area contributed by atoms with Gasteiger partial charge in [0.05, 0.1) is 0 Å². The van der Waals surface area contributed by atoms with E-state index in [1.165, 1.54) is 6.07 Å². The molecule has 0 aliphatic carbocycles. The zero-order valence-corrected chi connectivity index (χ0v) is 16.0. The van der Waals surface area contributed by atoms with Crippen LogP contribution in [0.4, 0.5) is 39.5 Å². The number of halogens is 10. The molecule has 32 heavy (non-hydrogen) atoms. The van der Waals surface area contributed by atoms with E-state index in [0.29, 0.717) is 24.3 Å². The molecule has 0 atom stereocenters. The van der Waals surface area contributed by atoms with Crippen LogP contribution in [0.25, 0.3) is 11.1 Å². The fourth-order valence-corrected chi connectivity index (χ4v) is 2.84. The molecule has 0 radical (unpaired) electrons. The van der Waals surface area contributed by atoms with Crippen LogP contribution >= 0.6 is 11.6 Å². The zero-order chi connectivity index (χ0) is 23.8. The third-order valence-electron chi connectivity index (χ3n) is 3.95. The van der Waals surface area contributed by atoms with E-state index in [1.54, 1.807) is 0 Å². The predicted molar refractivity (Wildman–Crippen MR) is 94.4 cm³/mol. The molecule has 2 nitrogen and oxygen atoms in total. The lowest BCUT2D eigenvalue weighted by molar-refractivity contribution is -0.275. The number of benzene rings is 3. The highest BCUT2D eigenvalue weighted by Gasteiger charge is 2.41. The third-order valence-corrected chi connectivity index (χ3v) is 4.19. The van der Waals surface area contributed by atoms with Crippen molar-refractivity contribution in [2.45, 2.75) is 12.5 Å². The minimum absolute atomic E-state index is 0.0115. The first-order chi connectivity index (χ1) is 14.8. The van der Waals surface area contributed by atoms with Gasteiger partial charge in [-0.3, -0.25) is 0 Å². The van der Waals surface area contributed by atoms with Gasteiger partial charge in [0, 0.05) is 16.7 Å². The maximum Gasteiger partial charge on any atom is 0.573 e. The molecule has 0 spiro atoms. The third kappa shape index (κ3) is 5.21.